The van der Waals surface area contributed by atoms with Gasteiger partial charge in [0.05, 0.1) is 32.6 Å². The number of benzene rings is 1. The third kappa shape index (κ3) is 2.71. The number of nitrogens with zero attached hydrogens (tertiary/aromatic N) is 2. The molecular formula is C13H19N4+. The molecule has 0 spiro atoms. The molecule has 4 nitrogen and oxygen atoms in total. The summed E-state index contributed by atoms with van der Waals surface area (Å²) in [5, 5.41) is 4.22. The molecule has 1 aromatic carbocycles. The molecule has 0 fully saturated rings. The van der Waals surface area contributed by atoms with Gasteiger partial charge >= 0.3 is 0 Å². The van der Waals surface area contributed by atoms with Crippen molar-refractivity contribution < 1.29 is 4.90 Å². The van der Waals surface area contributed by atoms with E-state index >= 15 is 0 Å². The van der Waals surface area contributed by atoms with Crippen LogP contribution < -0.4 is 10.2 Å². The number of rotatable bonds is 4. The van der Waals surface area contributed by atoms with Gasteiger partial charge in [0.1, 0.15) is 11.6 Å². The molecule has 17 heavy (non-hydrogen) atoms. The predicted octanol–water partition coefficient (Wildman–Crippen LogP) is 0.359. The van der Waals surface area contributed by atoms with Crippen LogP contribution >= 0.6 is 0 Å². The third-order valence-electron chi connectivity index (χ3n) is 2.73. The minimum absolute atomic E-state index is 0.905. The highest BCUT2D eigenvalue weighted by Gasteiger charge is 2.07. The Balaban J connectivity index is 2.38. The minimum atomic E-state index is 0.905. The van der Waals surface area contributed by atoms with Gasteiger partial charge < -0.3 is 10.2 Å². The Labute approximate surface area is 102 Å². The SMILES string of the molecule is CNc1nc(CC[NH+](C)C)nc2ccccc12. The molecule has 0 bridgehead atoms. The zero-order valence-corrected chi connectivity index (χ0v) is 10.6. The summed E-state index contributed by atoms with van der Waals surface area (Å²) in [5.74, 6) is 1.83. The summed E-state index contributed by atoms with van der Waals surface area (Å²) in [7, 11) is 6.18. The summed E-state index contributed by atoms with van der Waals surface area (Å²) < 4.78 is 0. The van der Waals surface area contributed by atoms with Crippen molar-refractivity contribution in [1.29, 1.82) is 0 Å². The maximum absolute atomic E-state index is 4.59. The number of hydrogen-bond acceptors (Lipinski definition) is 3. The molecule has 0 saturated carbocycles. The Kier molecular flexibility index (Phi) is 3.54. The van der Waals surface area contributed by atoms with Crippen molar-refractivity contribution in [3.05, 3.63) is 30.1 Å². The van der Waals surface area contributed by atoms with Crippen molar-refractivity contribution in [3.8, 4) is 0 Å². The molecule has 4 heteroatoms. The van der Waals surface area contributed by atoms with E-state index in [1.807, 2.05) is 31.3 Å². The van der Waals surface area contributed by atoms with Crippen LogP contribution in [0.4, 0.5) is 5.82 Å². The zero-order chi connectivity index (χ0) is 12.3. The molecule has 90 valence electrons. The van der Waals surface area contributed by atoms with Crippen molar-refractivity contribution in [3.63, 3.8) is 0 Å². The molecule has 2 aromatic rings. The van der Waals surface area contributed by atoms with E-state index in [0.717, 1.165) is 35.5 Å². The van der Waals surface area contributed by atoms with E-state index < -0.39 is 0 Å². The van der Waals surface area contributed by atoms with Gasteiger partial charge in [-0.25, -0.2) is 9.97 Å². The Hall–Kier alpha value is -1.68. The van der Waals surface area contributed by atoms with E-state index in [0.29, 0.717) is 0 Å². The molecule has 2 rings (SSSR count). The van der Waals surface area contributed by atoms with Crippen molar-refractivity contribution in [2.45, 2.75) is 6.42 Å². The molecular weight excluding hydrogens is 212 g/mol. The lowest BCUT2D eigenvalue weighted by molar-refractivity contribution is -0.858. The first-order chi connectivity index (χ1) is 8.20. The number of nitrogens with one attached hydrogen (secondary N) is 2. The number of quaternary nitrogens is 1. The lowest BCUT2D eigenvalue weighted by atomic mass is 10.2. The summed E-state index contributed by atoms with van der Waals surface area (Å²) in [5.41, 5.74) is 1.01. The molecule has 2 N–H and O–H groups in total. The van der Waals surface area contributed by atoms with Gasteiger partial charge in [-0.2, -0.15) is 0 Å². The zero-order valence-electron chi connectivity index (χ0n) is 10.6. The van der Waals surface area contributed by atoms with E-state index in [4.69, 9.17) is 0 Å². The molecule has 0 amide bonds. The van der Waals surface area contributed by atoms with Crippen LogP contribution in [-0.2, 0) is 6.42 Å². The van der Waals surface area contributed by atoms with Crippen molar-refractivity contribution in [2.75, 3.05) is 33.0 Å². The van der Waals surface area contributed by atoms with Crippen LogP contribution in [0.5, 0.6) is 0 Å². The number of anilines is 1. The van der Waals surface area contributed by atoms with Crippen LogP contribution in [0.25, 0.3) is 10.9 Å². The summed E-state index contributed by atoms with van der Waals surface area (Å²) in [6.07, 6.45) is 0.905. The van der Waals surface area contributed by atoms with Crippen molar-refractivity contribution >= 4 is 16.7 Å². The number of fused-ring (bicyclic) bond motifs is 1. The van der Waals surface area contributed by atoms with E-state index in [1.54, 1.807) is 0 Å². The molecule has 0 aliphatic heterocycles. The van der Waals surface area contributed by atoms with Gasteiger partial charge in [-0.1, -0.05) is 12.1 Å². The molecule has 0 unspecified atom stereocenters. The normalized spacial score (nSPS) is 11.1. The number of para-hydroxylation sites is 1. The van der Waals surface area contributed by atoms with Gasteiger partial charge in [0.15, 0.2) is 0 Å². The second-order valence-electron chi connectivity index (χ2n) is 4.46. The summed E-state index contributed by atoms with van der Waals surface area (Å²) >= 11 is 0. The first-order valence-electron chi connectivity index (χ1n) is 5.93. The maximum atomic E-state index is 4.59. The van der Waals surface area contributed by atoms with E-state index in [9.17, 15) is 0 Å². The van der Waals surface area contributed by atoms with Crippen LogP contribution in [0.15, 0.2) is 24.3 Å². The highest BCUT2D eigenvalue weighted by molar-refractivity contribution is 5.88. The fourth-order valence-electron chi connectivity index (χ4n) is 1.79. The van der Waals surface area contributed by atoms with Crippen LogP contribution in [0.2, 0.25) is 0 Å². The Bertz CT molecular complexity index is 508. The fourth-order valence-corrected chi connectivity index (χ4v) is 1.79. The molecule has 0 aliphatic carbocycles. The highest BCUT2D eigenvalue weighted by atomic mass is 15.1. The molecule has 0 atom stereocenters. The van der Waals surface area contributed by atoms with Gasteiger partial charge in [-0.15, -0.1) is 0 Å². The first kappa shape index (κ1) is 11.8. The van der Waals surface area contributed by atoms with Crippen molar-refractivity contribution in [1.82, 2.24) is 9.97 Å². The average molecular weight is 231 g/mol. The van der Waals surface area contributed by atoms with Gasteiger partial charge in [0.25, 0.3) is 0 Å². The smallest absolute Gasteiger partial charge is 0.137 e. The Morgan fingerprint density at radius 3 is 2.65 bits per heavy atom. The van der Waals surface area contributed by atoms with Crippen LogP contribution in [-0.4, -0.2) is 37.7 Å². The second-order valence-corrected chi connectivity index (χ2v) is 4.46. The first-order valence-corrected chi connectivity index (χ1v) is 5.93. The maximum Gasteiger partial charge on any atom is 0.137 e. The van der Waals surface area contributed by atoms with Crippen molar-refractivity contribution in [2.24, 2.45) is 0 Å². The average Bonchev–Trinajstić information content (AvgIpc) is 2.35. The largest absolute Gasteiger partial charge is 0.373 e. The van der Waals surface area contributed by atoms with E-state index in [1.165, 1.54) is 4.90 Å². The topological polar surface area (TPSA) is 42.2 Å². The highest BCUT2D eigenvalue weighted by Crippen LogP contribution is 2.19. The number of hydrogen-bond donors (Lipinski definition) is 2. The lowest BCUT2D eigenvalue weighted by Crippen LogP contribution is -3.06. The molecule has 1 aromatic heterocycles. The number of likely N-dealkylation sites (N-methyl/N-ethyl adjacent to an activating group) is 1. The monoisotopic (exact) mass is 231 g/mol. The summed E-state index contributed by atoms with van der Waals surface area (Å²) in [6.45, 7) is 1.04. The van der Waals surface area contributed by atoms with Crippen LogP contribution in [0.3, 0.4) is 0 Å². The predicted molar refractivity (Wildman–Crippen MR) is 70.5 cm³/mol. The fraction of sp³-hybridized carbons (Fsp3) is 0.385. The standard InChI is InChI=1S/C13H18N4/c1-14-13-10-6-4-5-7-11(10)15-12(16-13)8-9-17(2)3/h4-7H,8-9H2,1-3H3,(H,14,15,16)/p+1. The third-order valence-corrected chi connectivity index (χ3v) is 2.73. The quantitative estimate of drug-likeness (QED) is 0.798. The lowest BCUT2D eigenvalue weighted by Gasteiger charge is -2.09. The van der Waals surface area contributed by atoms with E-state index in [-0.39, 0.29) is 0 Å². The minimum Gasteiger partial charge on any atom is -0.373 e. The van der Waals surface area contributed by atoms with E-state index in [2.05, 4.69) is 29.4 Å². The van der Waals surface area contributed by atoms with Crippen LogP contribution in [0, 0.1) is 0 Å². The number of aromatic nitrogens is 2. The Morgan fingerprint density at radius 2 is 1.94 bits per heavy atom. The second kappa shape index (κ2) is 5.10. The molecule has 0 aliphatic rings. The summed E-state index contributed by atoms with van der Waals surface area (Å²) in [6, 6.07) is 8.10. The molecule has 0 saturated heterocycles. The van der Waals surface area contributed by atoms with Gasteiger partial charge in [-0.3, -0.25) is 0 Å². The van der Waals surface area contributed by atoms with Crippen LogP contribution in [0.1, 0.15) is 5.82 Å². The van der Waals surface area contributed by atoms with Gasteiger partial charge in [-0.05, 0) is 12.1 Å². The van der Waals surface area contributed by atoms with Gasteiger partial charge in [0, 0.05) is 12.4 Å². The molecule has 1 heterocycles. The van der Waals surface area contributed by atoms with Gasteiger partial charge in [0.2, 0.25) is 0 Å². The molecule has 0 radical (unpaired) electrons. The summed E-state index contributed by atoms with van der Waals surface area (Å²) in [4.78, 5) is 10.6. The Morgan fingerprint density at radius 1 is 1.18 bits per heavy atom.